The lowest BCUT2D eigenvalue weighted by atomic mass is 10.1. The summed E-state index contributed by atoms with van der Waals surface area (Å²) >= 11 is 25.9. The number of ether oxygens (including phenoxy) is 1. The fourth-order valence-corrected chi connectivity index (χ4v) is 10.9. The van der Waals surface area contributed by atoms with Crippen molar-refractivity contribution < 1.29 is 61.0 Å². The zero-order valence-electron chi connectivity index (χ0n) is 38.8. The van der Waals surface area contributed by atoms with Gasteiger partial charge in [-0.25, -0.2) is 4.98 Å². The van der Waals surface area contributed by atoms with Crippen LogP contribution < -0.4 is 42.0 Å². The second-order valence-electron chi connectivity index (χ2n) is 16.1. The van der Waals surface area contributed by atoms with E-state index >= 15 is 0 Å². The van der Waals surface area contributed by atoms with Crippen LogP contribution in [0.4, 0.5) is 52.2 Å². The molecule has 2 aromatic heterocycles. The van der Waals surface area contributed by atoms with Crippen LogP contribution in [0, 0.1) is 0 Å². The summed E-state index contributed by atoms with van der Waals surface area (Å²) in [4.78, 5) is 31.0. The molecular weight excluding hydrogens is 1190 g/mol. The molecule has 0 unspecified atom stereocenters. The Balaban J connectivity index is 0.898. The number of aromatic nitrogens is 7. The number of anilines is 9. The average Bonchev–Trinajstić information content (AvgIpc) is 3.36. The van der Waals surface area contributed by atoms with Crippen LogP contribution in [-0.4, -0.2) is 113 Å². The normalized spacial score (nSPS) is 12.8. The summed E-state index contributed by atoms with van der Waals surface area (Å²) in [5.74, 6) is -1.19. The van der Waals surface area contributed by atoms with E-state index in [1.54, 1.807) is 0 Å². The number of rotatable bonds is 19. The lowest BCUT2D eigenvalue weighted by Gasteiger charge is -2.27. The van der Waals surface area contributed by atoms with Gasteiger partial charge in [0.1, 0.15) is 26.9 Å². The number of nitrogens with zero attached hydrogens (tertiary/aromatic N) is 8. The Labute approximate surface area is 460 Å². The Hall–Kier alpha value is -7.08. The van der Waals surface area contributed by atoms with Gasteiger partial charge in [-0.2, -0.15) is 63.6 Å². The van der Waals surface area contributed by atoms with E-state index in [2.05, 4.69) is 71.8 Å². The molecule has 2 aliphatic heterocycles. The van der Waals surface area contributed by atoms with Gasteiger partial charge in [0, 0.05) is 37.6 Å². The molecular formula is C42H34Cl4N14O14S4. The summed E-state index contributed by atoms with van der Waals surface area (Å²) in [7, 11) is -19.1. The van der Waals surface area contributed by atoms with E-state index in [0.717, 1.165) is 12.1 Å². The van der Waals surface area contributed by atoms with Crippen molar-refractivity contribution in [3.05, 3.63) is 98.8 Å². The van der Waals surface area contributed by atoms with Crippen LogP contribution in [0.25, 0.3) is 22.6 Å². The second kappa shape index (κ2) is 22.0. The molecule has 1 aliphatic carbocycles. The third kappa shape index (κ3) is 12.6. The molecule has 0 fully saturated rings. The Morgan fingerprint density at radius 3 is 1.68 bits per heavy atom. The van der Waals surface area contributed by atoms with Crippen molar-refractivity contribution in [1.29, 1.82) is 0 Å². The molecule has 0 saturated heterocycles. The van der Waals surface area contributed by atoms with Crippen molar-refractivity contribution in [3.63, 3.8) is 0 Å². The smallest absolute Gasteiger partial charge is 0.300 e. The standard InChI is InChI=1S/C42H34Cl4N14O14S4/c43-27-30-34(74-32-24(54-30)10-12-26(36(32)78(70,71)72)48-14-4-16-50-40-56-38(46)58-42(60-40)52-20-6-2-8-22(18-20)76(64,65)66)28(44)29-33(27)73-31-23(53-29)9-11-25(35(31)77(67,68)69)47-13-3-15-49-39-55-37(45)57-41(59-39)51-19-5-1-7-21(17-19)75(61,62)63/h1-2,5-12,17-18,47,53H,3-4,13-16H2,(H,61,62,63)(H,64,65,66)(H,67,68,69)(H,70,71,72)(H2,49,51,55,57,59)(H2,50,52,56,58,60). The third-order valence-electron chi connectivity index (χ3n) is 10.7. The molecule has 10 N–H and O–H groups in total. The maximum Gasteiger partial charge on any atom is 0.300 e. The van der Waals surface area contributed by atoms with Gasteiger partial charge in [0.05, 0.1) is 26.5 Å². The highest BCUT2D eigenvalue weighted by molar-refractivity contribution is 7.86. The number of benzene rings is 5. The maximum absolute atomic E-state index is 13.0. The molecule has 28 nitrogen and oxygen atoms in total. The number of halogens is 4. The van der Waals surface area contributed by atoms with Crippen molar-refractivity contribution in [2.45, 2.75) is 32.4 Å². The van der Waals surface area contributed by atoms with Crippen molar-refractivity contribution in [1.82, 2.24) is 34.9 Å². The van der Waals surface area contributed by atoms with Gasteiger partial charge in [0.25, 0.3) is 30.4 Å². The Morgan fingerprint density at radius 2 is 1.12 bits per heavy atom. The first-order chi connectivity index (χ1) is 36.8. The van der Waals surface area contributed by atoms with Gasteiger partial charge in [-0.1, -0.05) is 35.3 Å². The highest BCUT2D eigenvalue weighted by Gasteiger charge is 2.35. The van der Waals surface area contributed by atoms with Gasteiger partial charge >= 0.3 is 10.1 Å². The highest BCUT2D eigenvalue weighted by atomic mass is 35.5. The van der Waals surface area contributed by atoms with E-state index in [1.165, 1.54) is 60.7 Å². The minimum absolute atomic E-state index is 0.00888. The molecule has 0 bridgehead atoms. The maximum atomic E-state index is 13.0. The van der Waals surface area contributed by atoms with E-state index in [4.69, 9.17) is 55.6 Å². The van der Waals surface area contributed by atoms with Crippen LogP contribution in [0.5, 0.6) is 11.5 Å². The topological polar surface area (TPSA) is 415 Å². The van der Waals surface area contributed by atoms with E-state index in [9.17, 15) is 51.9 Å². The molecule has 4 aromatic carbocycles. The van der Waals surface area contributed by atoms with Gasteiger partial charge in [0.15, 0.2) is 32.6 Å². The van der Waals surface area contributed by atoms with Crippen molar-refractivity contribution >= 4 is 150 Å². The van der Waals surface area contributed by atoms with Crippen LogP contribution in [0.15, 0.2) is 102 Å². The summed E-state index contributed by atoms with van der Waals surface area (Å²) in [6.45, 7) is 0.402. The second-order valence-corrected chi connectivity index (χ2v) is 23.1. The predicted octanol–water partition coefficient (Wildman–Crippen LogP) is 7.56. The van der Waals surface area contributed by atoms with Crippen molar-refractivity contribution in [3.8, 4) is 23.0 Å². The van der Waals surface area contributed by atoms with Crippen molar-refractivity contribution in [2.24, 2.45) is 4.99 Å². The highest BCUT2D eigenvalue weighted by Crippen LogP contribution is 2.55. The first-order valence-electron chi connectivity index (χ1n) is 21.9. The van der Waals surface area contributed by atoms with Gasteiger partial charge in [-0.05, 0) is 96.7 Å². The van der Waals surface area contributed by atoms with Gasteiger partial charge < -0.3 is 41.1 Å². The molecule has 0 amide bonds. The fourth-order valence-electron chi connectivity index (χ4n) is 7.44. The average molecular weight is 1230 g/mol. The van der Waals surface area contributed by atoms with Gasteiger partial charge in [0.2, 0.25) is 34.4 Å². The van der Waals surface area contributed by atoms with Crippen LogP contribution in [0.2, 0.25) is 20.6 Å². The minimum atomic E-state index is -5.09. The zero-order valence-corrected chi connectivity index (χ0v) is 45.1. The monoisotopic (exact) mass is 1230 g/mol. The first-order valence-corrected chi connectivity index (χ1v) is 29.2. The first kappa shape index (κ1) is 55.7. The third-order valence-corrected chi connectivity index (χ3v) is 15.3. The molecule has 0 radical (unpaired) electrons. The van der Waals surface area contributed by atoms with E-state index in [1.807, 2.05) is 0 Å². The van der Waals surface area contributed by atoms with Crippen molar-refractivity contribution in [2.75, 3.05) is 58.1 Å². The minimum Gasteiger partial charge on any atom is -0.450 e. The van der Waals surface area contributed by atoms with Crippen LogP contribution in [-0.2, 0) is 40.5 Å². The fraction of sp³-hybridized carbons (Fsp3) is 0.143. The molecule has 3 aliphatic rings. The summed E-state index contributed by atoms with van der Waals surface area (Å²) < 4.78 is 150. The van der Waals surface area contributed by atoms with Crippen LogP contribution in [0.3, 0.4) is 0 Å². The Kier molecular flexibility index (Phi) is 15.7. The molecule has 6 aromatic rings. The summed E-state index contributed by atoms with van der Waals surface area (Å²) in [6, 6.07) is 15.8. The predicted molar refractivity (Wildman–Crippen MR) is 284 cm³/mol. The molecule has 0 saturated carbocycles. The molecule has 36 heteroatoms. The number of nitrogens with one attached hydrogen (secondary N) is 6. The molecule has 9 rings (SSSR count). The zero-order chi connectivity index (χ0) is 55.9. The summed E-state index contributed by atoms with van der Waals surface area (Å²) in [5, 5.41) is 16.1. The lowest BCUT2D eigenvalue weighted by molar-refractivity contribution is 0.449. The SMILES string of the molecule is O=S(=O)(O)c1cccc(Nc2nc(Cl)nc(NCCCN=c3ccc4nc5c(Cl)c6c(c(Cl)c5oc-4c3S(=O)(=O)O)Nc3ccc(NCCCNc4nc(Cl)nc(Nc5cccc(S(=O)(=O)O)c5)n4)c(S(=O)(=O)O)c3O6)n2)c1. The number of fused-ring (bicyclic) bond motifs is 4. The van der Waals surface area contributed by atoms with Gasteiger partial charge in [-0.15, -0.1) is 0 Å². The molecule has 0 atom stereocenters. The molecule has 0 spiro atoms. The summed E-state index contributed by atoms with van der Waals surface area (Å²) in [5.41, 5.74) is -0.331. The molecule has 4 heterocycles. The molecule has 78 heavy (non-hydrogen) atoms. The molecule has 408 valence electrons. The quantitative estimate of drug-likeness (QED) is 0.0212. The van der Waals surface area contributed by atoms with E-state index in [0.29, 0.717) is 6.42 Å². The lowest BCUT2D eigenvalue weighted by Crippen LogP contribution is -2.19. The van der Waals surface area contributed by atoms with E-state index in [-0.39, 0.29) is 149 Å². The largest absolute Gasteiger partial charge is 0.450 e. The van der Waals surface area contributed by atoms with E-state index < -0.39 is 56.0 Å². The van der Waals surface area contributed by atoms with Crippen LogP contribution >= 0.6 is 46.4 Å². The Bertz CT molecular complexity index is 4250. The van der Waals surface area contributed by atoms with Crippen LogP contribution in [0.1, 0.15) is 12.8 Å². The Morgan fingerprint density at radius 1 is 0.564 bits per heavy atom. The van der Waals surface area contributed by atoms with Gasteiger partial charge in [-0.3, -0.25) is 23.2 Å². The number of hydrogen-bond acceptors (Lipinski definition) is 24. The summed E-state index contributed by atoms with van der Waals surface area (Å²) in [6.07, 6.45) is 0.526. The number of hydrogen-bond donors (Lipinski definition) is 10.